The largest absolute Gasteiger partial charge is 0.288 e. The second kappa shape index (κ2) is 4.49. The molecule has 0 atom stereocenters. The summed E-state index contributed by atoms with van der Waals surface area (Å²) in [4.78, 5) is 49.1. The van der Waals surface area contributed by atoms with Gasteiger partial charge in [-0.1, -0.05) is 24.3 Å². The van der Waals surface area contributed by atoms with E-state index in [-0.39, 0.29) is 34.1 Å². The highest BCUT2D eigenvalue weighted by Gasteiger charge is 2.41. The third-order valence-electron chi connectivity index (χ3n) is 3.31. The van der Waals surface area contributed by atoms with Gasteiger partial charge in [0.05, 0.1) is 4.48 Å². The molecule has 0 bridgehead atoms. The van der Waals surface area contributed by atoms with Crippen molar-refractivity contribution in [1.29, 1.82) is 0 Å². The predicted octanol–water partition coefficient (Wildman–Crippen LogP) is 1.82. The number of fused-ring (bicyclic) bond motifs is 1. The molecule has 2 amide bonds. The molecular weight excluding hydrogens is 326 g/mol. The van der Waals surface area contributed by atoms with Gasteiger partial charge in [0.1, 0.15) is 5.70 Å². The third-order valence-corrected chi connectivity index (χ3v) is 4.05. The molecule has 1 saturated heterocycles. The first kappa shape index (κ1) is 12.9. The number of benzene rings is 1. The van der Waals surface area contributed by atoms with Crippen molar-refractivity contribution in [2.45, 2.75) is 12.8 Å². The number of carbonyl (C=O) groups is 4. The van der Waals surface area contributed by atoms with Gasteiger partial charge >= 0.3 is 0 Å². The molecule has 0 N–H and O–H groups in total. The van der Waals surface area contributed by atoms with Gasteiger partial charge in [0.25, 0.3) is 0 Å². The normalized spacial score (nSPS) is 18.9. The number of ketones is 2. The van der Waals surface area contributed by atoms with Gasteiger partial charge in [-0.15, -0.1) is 0 Å². The number of likely N-dealkylation sites (tertiary alicyclic amines) is 1. The summed E-state index contributed by atoms with van der Waals surface area (Å²) < 4.78 is -0.0372. The van der Waals surface area contributed by atoms with Gasteiger partial charge in [-0.05, 0) is 15.9 Å². The minimum Gasteiger partial charge on any atom is -0.288 e. The van der Waals surface area contributed by atoms with Crippen LogP contribution in [-0.4, -0.2) is 28.3 Å². The fourth-order valence-corrected chi connectivity index (χ4v) is 2.93. The van der Waals surface area contributed by atoms with Crippen LogP contribution in [0.5, 0.6) is 0 Å². The summed E-state index contributed by atoms with van der Waals surface area (Å²) in [5, 5.41) is 0. The molecule has 0 spiro atoms. The molecule has 0 radical (unpaired) electrons. The van der Waals surface area contributed by atoms with Crippen LogP contribution in [0.15, 0.2) is 34.4 Å². The minimum absolute atomic E-state index is 0.0372. The number of hydrogen-bond donors (Lipinski definition) is 0. The maximum atomic E-state index is 12.5. The van der Waals surface area contributed by atoms with Crippen LogP contribution >= 0.6 is 15.9 Å². The molecule has 6 heteroatoms. The quantitative estimate of drug-likeness (QED) is 0.735. The van der Waals surface area contributed by atoms with Crippen LogP contribution in [0.1, 0.15) is 33.6 Å². The highest BCUT2D eigenvalue weighted by Crippen LogP contribution is 2.33. The molecule has 3 rings (SSSR count). The van der Waals surface area contributed by atoms with E-state index in [1.165, 1.54) is 6.07 Å². The number of halogens is 1. The van der Waals surface area contributed by atoms with Crippen LogP contribution in [0.3, 0.4) is 0 Å². The van der Waals surface area contributed by atoms with E-state index in [9.17, 15) is 19.2 Å². The number of carbonyl (C=O) groups excluding carboxylic acids is 4. The minimum atomic E-state index is -0.490. The smallest absolute Gasteiger partial charge is 0.234 e. The maximum Gasteiger partial charge on any atom is 0.234 e. The van der Waals surface area contributed by atoms with Crippen molar-refractivity contribution in [3.63, 3.8) is 0 Å². The molecule has 2 aliphatic rings. The standard InChI is InChI=1S/C14H8BrNO4/c15-11-12(16-9(17)5-6-10(16)18)14(20)8-4-2-1-3-7(8)13(11)19/h1-4H,5-6H2. The molecular formula is C14H8BrNO4. The number of amides is 2. The summed E-state index contributed by atoms with van der Waals surface area (Å²) in [6.07, 6.45) is 0.122. The number of Topliss-reactive ketones (excluding diaryl/α,β-unsaturated/α-hetero) is 2. The summed E-state index contributed by atoms with van der Waals surface area (Å²) >= 11 is 3.06. The summed E-state index contributed by atoms with van der Waals surface area (Å²) in [5.74, 6) is -1.80. The van der Waals surface area contributed by atoms with Gasteiger partial charge in [0.2, 0.25) is 23.4 Å². The molecule has 20 heavy (non-hydrogen) atoms. The molecule has 100 valence electrons. The lowest BCUT2D eigenvalue weighted by molar-refractivity contribution is -0.135. The average Bonchev–Trinajstić information content (AvgIpc) is 2.77. The lowest BCUT2D eigenvalue weighted by atomic mass is 9.92. The van der Waals surface area contributed by atoms with Crippen molar-refractivity contribution in [3.8, 4) is 0 Å². The van der Waals surface area contributed by atoms with Crippen molar-refractivity contribution in [3.05, 3.63) is 45.6 Å². The lowest BCUT2D eigenvalue weighted by Gasteiger charge is -2.23. The Bertz CT molecular complexity index is 704. The number of nitrogens with zero attached hydrogens (tertiary/aromatic N) is 1. The van der Waals surface area contributed by atoms with Crippen LogP contribution in [0.4, 0.5) is 0 Å². The monoisotopic (exact) mass is 333 g/mol. The van der Waals surface area contributed by atoms with Gasteiger partial charge < -0.3 is 0 Å². The molecule has 1 aromatic rings. The van der Waals surface area contributed by atoms with Crippen LogP contribution in [0.25, 0.3) is 0 Å². The second-order valence-corrected chi connectivity index (χ2v) is 5.28. The molecule has 1 aliphatic heterocycles. The SMILES string of the molecule is O=C1C(Br)=C(N2C(=O)CCC2=O)C(=O)c2ccccc21. The second-order valence-electron chi connectivity index (χ2n) is 4.49. The molecule has 0 saturated carbocycles. The number of rotatable bonds is 1. The summed E-state index contributed by atoms with van der Waals surface area (Å²) in [6.45, 7) is 0. The van der Waals surface area contributed by atoms with Gasteiger partial charge in [0.15, 0.2) is 0 Å². The highest BCUT2D eigenvalue weighted by atomic mass is 79.9. The third kappa shape index (κ3) is 1.68. The van der Waals surface area contributed by atoms with E-state index in [2.05, 4.69) is 15.9 Å². The van der Waals surface area contributed by atoms with E-state index in [1.807, 2.05) is 0 Å². The van der Waals surface area contributed by atoms with E-state index < -0.39 is 23.4 Å². The molecule has 1 heterocycles. The molecule has 1 aliphatic carbocycles. The molecule has 1 aromatic carbocycles. The van der Waals surface area contributed by atoms with Crippen LogP contribution in [0.2, 0.25) is 0 Å². The topological polar surface area (TPSA) is 71.5 Å². The Morgan fingerprint density at radius 1 is 0.850 bits per heavy atom. The van der Waals surface area contributed by atoms with Crippen molar-refractivity contribution >= 4 is 39.3 Å². The Morgan fingerprint density at radius 3 is 1.90 bits per heavy atom. The highest BCUT2D eigenvalue weighted by molar-refractivity contribution is 9.12. The van der Waals surface area contributed by atoms with E-state index in [0.29, 0.717) is 0 Å². The van der Waals surface area contributed by atoms with Crippen molar-refractivity contribution in [2.24, 2.45) is 0 Å². The van der Waals surface area contributed by atoms with Crippen molar-refractivity contribution in [2.75, 3.05) is 0 Å². The lowest BCUT2D eigenvalue weighted by Crippen LogP contribution is -2.36. The average molecular weight is 334 g/mol. The summed E-state index contributed by atoms with van der Waals surface area (Å²) in [5.41, 5.74) is 0.316. The Hall–Kier alpha value is -2.08. The van der Waals surface area contributed by atoms with Gasteiger partial charge in [0, 0.05) is 24.0 Å². The van der Waals surface area contributed by atoms with Gasteiger partial charge in [-0.2, -0.15) is 0 Å². The summed E-state index contributed by atoms with van der Waals surface area (Å²) in [7, 11) is 0. The van der Waals surface area contributed by atoms with Gasteiger partial charge in [-0.25, -0.2) is 4.90 Å². The zero-order valence-corrected chi connectivity index (χ0v) is 11.8. The Kier molecular flexibility index (Phi) is 2.90. The first-order valence-electron chi connectivity index (χ1n) is 5.96. The van der Waals surface area contributed by atoms with Crippen molar-refractivity contribution < 1.29 is 19.2 Å². The Labute approximate surface area is 122 Å². The molecule has 0 aromatic heterocycles. The fourth-order valence-electron chi connectivity index (χ4n) is 2.36. The number of allylic oxidation sites excluding steroid dienone is 2. The molecule has 1 fully saturated rings. The van der Waals surface area contributed by atoms with E-state index in [0.717, 1.165) is 4.90 Å². The first-order valence-corrected chi connectivity index (χ1v) is 6.75. The van der Waals surface area contributed by atoms with E-state index in [4.69, 9.17) is 0 Å². The van der Waals surface area contributed by atoms with Gasteiger partial charge in [-0.3, -0.25) is 19.2 Å². The zero-order chi connectivity index (χ0) is 14.4. The first-order chi connectivity index (χ1) is 9.52. The molecule has 0 unspecified atom stereocenters. The van der Waals surface area contributed by atoms with Crippen LogP contribution in [0, 0.1) is 0 Å². The zero-order valence-electron chi connectivity index (χ0n) is 10.2. The van der Waals surface area contributed by atoms with E-state index in [1.54, 1.807) is 18.2 Å². The predicted molar refractivity (Wildman–Crippen MR) is 72.1 cm³/mol. The van der Waals surface area contributed by atoms with Crippen LogP contribution < -0.4 is 0 Å². The Morgan fingerprint density at radius 2 is 1.35 bits per heavy atom. The van der Waals surface area contributed by atoms with E-state index >= 15 is 0 Å². The van der Waals surface area contributed by atoms with Crippen molar-refractivity contribution in [1.82, 2.24) is 4.90 Å². The fraction of sp³-hybridized carbons (Fsp3) is 0.143. The van der Waals surface area contributed by atoms with Crippen LogP contribution in [-0.2, 0) is 9.59 Å². The summed E-state index contributed by atoms with van der Waals surface area (Å²) in [6, 6.07) is 6.34. The number of hydrogen-bond acceptors (Lipinski definition) is 4. The number of imide groups is 1. The molecule has 5 nitrogen and oxygen atoms in total. The Balaban J connectivity index is 2.19. The maximum absolute atomic E-state index is 12.5.